The van der Waals surface area contributed by atoms with Crippen molar-refractivity contribution in [2.24, 2.45) is 0 Å². The van der Waals surface area contributed by atoms with Crippen molar-refractivity contribution in [1.82, 2.24) is 15.0 Å². The Labute approximate surface area is 198 Å². The quantitative estimate of drug-likeness (QED) is 0.474. The first-order valence-corrected chi connectivity index (χ1v) is 11.5. The molecular weight excluding hydrogens is 434 g/mol. The number of likely N-dealkylation sites (tertiary alicyclic amines) is 1. The summed E-state index contributed by atoms with van der Waals surface area (Å²) in [5.74, 6) is 0.627. The highest BCUT2D eigenvalue weighted by Crippen LogP contribution is 2.23. The minimum Gasteiger partial charge on any atom is -0.484 e. The van der Waals surface area contributed by atoms with Gasteiger partial charge >= 0.3 is 5.97 Å². The van der Waals surface area contributed by atoms with Crippen molar-refractivity contribution < 1.29 is 23.6 Å². The van der Waals surface area contributed by atoms with Crippen molar-refractivity contribution in [2.75, 3.05) is 6.61 Å². The number of benzene rings is 2. The summed E-state index contributed by atoms with van der Waals surface area (Å²) in [5, 5.41) is 3.93. The number of esters is 1. The molecule has 2 heterocycles. The van der Waals surface area contributed by atoms with Crippen LogP contribution in [0.5, 0.6) is 5.75 Å². The van der Waals surface area contributed by atoms with Crippen LogP contribution in [0, 0.1) is 6.92 Å². The number of aromatic nitrogens is 2. The third kappa shape index (κ3) is 5.62. The third-order valence-electron chi connectivity index (χ3n) is 6.04. The van der Waals surface area contributed by atoms with Crippen LogP contribution in [0.3, 0.4) is 0 Å². The van der Waals surface area contributed by atoms with E-state index in [1.165, 1.54) is 0 Å². The second kappa shape index (κ2) is 10.5. The number of piperidine rings is 1. The molecule has 1 saturated heterocycles. The number of carbonyl (C=O) groups is 2. The van der Waals surface area contributed by atoms with Crippen LogP contribution in [0.25, 0.3) is 11.4 Å². The minimum atomic E-state index is -0.520. The highest BCUT2D eigenvalue weighted by Gasteiger charge is 2.29. The number of hydrogen-bond acceptors (Lipinski definition) is 7. The van der Waals surface area contributed by atoms with Gasteiger partial charge in [-0.25, -0.2) is 4.79 Å². The average molecular weight is 464 g/mol. The van der Waals surface area contributed by atoms with E-state index >= 15 is 0 Å². The van der Waals surface area contributed by atoms with E-state index in [4.69, 9.17) is 14.0 Å². The largest absolute Gasteiger partial charge is 0.484 e. The second-order valence-electron chi connectivity index (χ2n) is 8.70. The Morgan fingerprint density at radius 1 is 1.03 bits per heavy atom. The smallest absolute Gasteiger partial charge is 0.338 e. The molecule has 0 radical (unpaired) electrons. The van der Waals surface area contributed by atoms with Crippen molar-refractivity contribution >= 4 is 11.9 Å². The molecule has 2 aromatic carbocycles. The van der Waals surface area contributed by atoms with Gasteiger partial charge in [0.2, 0.25) is 5.82 Å². The van der Waals surface area contributed by atoms with Gasteiger partial charge in [-0.2, -0.15) is 4.98 Å². The Kier molecular flexibility index (Phi) is 7.25. The summed E-state index contributed by atoms with van der Waals surface area (Å²) in [6, 6.07) is 14.7. The molecule has 1 aromatic heterocycles. The van der Waals surface area contributed by atoms with Crippen molar-refractivity contribution in [2.45, 2.75) is 58.7 Å². The summed E-state index contributed by atoms with van der Waals surface area (Å²) in [6.45, 7) is 5.99. The van der Waals surface area contributed by atoms with Crippen LogP contribution in [-0.4, -0.2) is 45.6 Å². The molecule has 4 rings (SSSR count). The van der Waals surface area contributed by atoms with Gasteiger partial charge in [0.15, 0.2) is 13.2 Å². The summed E-state index contributed by atoms with van der Waals surface area (Å²) in [6.07, 6.45) is 3.18. The van der Waals surface area contributed by atoms with Gasteiger partial charge in [0.05, 0.1) is 5.56 Å². The molecule has 0 spiro atoms. The van der Waals surface area contributed by atoms with E-state index in [1.807, 2.05) is 36.1 Å². The van der Waals surface area contributed by atoms with Crippen LogP contribution in [0.1, 0.15) is 54.9 Å². The molecule has 8 nitrogen and oxygen atoms in total. The lowest BCUT2D eigenvalue weighted by molar-refractivity contribution is -0.139. The SMILES string of the molecule is Cc1ccc(-c2noc(COC(=O)c3ccc(OCC(=O)N4C(C)CCCC4C)cc3)n2)cc1. The van der Waals surface area contributed by atoms with E-state index in [1.54, 1.807) is 24.3 Å². The Balaban J connectivity index is 1.27. The Hall–Kier alpha value is -3.68. The predicted molar refractivity (Wildman–Crippen MR) is 125 cm³/mol. The summed E-state index contributed by atoms with van der Waals surface area (Å²) < 4.78 is 16.1. The van der Waals surface area contributed by atoms with E-state index in [0.717, 1.165) is 30.4 Å². The fraction of sp³-hybridized carbons (Fsp3) is 0.385. The first-order chi connectivity index (χ1) is 16.4. The van der Waals surface area contributed by atoms with E-state index in [-0.39, 0.29) is 37.1 Å². The molecule has 1 amide bonds. The molecule has 1 aliphatic heterocycles. The van der Waals surface area contributed by atoms with Crippen LogP contribution >= 0.6 is 0 Å². The molecule has 2 atom stereocenters. The molecular formula is C26H29N3O5. The molecule has 1 fully saturated rings. The minimum absolute atomic E-state index is 0.0206. The summed E-state index contributed by atoms with van der Waals surface area (Å²) in [4.78, 5) is 31.2. The molecule has 0 aliphatic carbocycles. The standard InChI is InChI=1S/C26H29N3O5/c1-17-7-9-20(10-8-17)25-27-23(34-28-25)15-33-26(31)21-11-13-22(14-12-21)32-16-24(30)29-18(2)5-4-6-19(29)3/h7-14,18-19H,4-6,15-16H2,1-3H3. The molecule has 34 heavy (non-hydrogen) atoms. The van der Waals surface area contributed by atoms with Crippen LogP contribution in [0.15, 0.2) is 53.1 Å². The van der Waals surface area contributed by atoms with Crippen molar-refractivity contribution in [3.63, 3.8) is 0 Å². The van der Waals surface area contributed by atoms with E-state index in [0.29, 0.717) is 17.1 Å². The third-order valence-corrected chi connectivity index (χ3v) is 6.04. The lowest BCUT2D eigenvalue weighted by Crippen LogP contribution is -2.49. The average Bonchev–Trinajstić information content (AvgIpc) is 3.31. The number of rotatable bonds is 7. The fourth-order valence-electron chi connectivity index (χ4n) is 4.16. The number of carbonyl (C=O) groups excluding carboxylic acids is 2. The summed E-state index contributed by atoms with van der Waals surface area (Å²) in [7, 11) is 0. The predicted octanol–water partition coefficient (Wildman–Crippen LogP) is 4.57. The van der Waals surface area contributed by atoms with E-state index in [9.17, 15) is 9.59 Å². The van der Waals surface area contributed by atoms with Gasteiger partial charge in [-0.3, -0.25) is 4.79 Å². The first-order valence-electron chi connectivity index (χ1n) is 11.5. The number of ether oxygens (including phenoxy) is 2. The molecule has 8 heteroatoms. The van der Waals surface area contributed by atoms with Gasteiger partial charge in [0.25, 0.3) is 11.8 Å². The lowest BCUT2D eigenvalue weighted by atomic mass is 9.97. The maximum Gasteiger partial charge on any atom is 0.338 e. The van der Waals surface area contributed by atoms with Gasteiger partial charge < -0.3 is 18.9 Å². The zero-order valence-electron chi connectivity index (χ0n) is 19.7. The maximum absolute atomic E-state index is 12.6. The van der Waals surface area contributed by atoms with Gasteiger partial charge in [-0.05, 0) is 64.3 Å². The topological polar surface area (TPSA) is 94.8 Å². The summed E-state index contributed by atoms with van der Waals surface area (Å²) >= 11 is 0. The first kappa shape index (κ1) is 23.5. The zero-order valence-corrected chi connectivity index (χ0v) is 19.7. The highest BCUT2D eigenvalue weighted by atomic mass is 16.6. The highest BCUT2D eigenvalue weighted by molar-refractivity contribution is 5.89. The number of amides is 1. The van der Waals surface area contributed by atoms with Crippen LogP contribution in [-0.2, 0) is 16.1 Å². The molecule has 3 aromatic rings. The van der Waals surface area contributed by atoms with Crippen molar-refractivity contribution in [3.05, 3.63) is 65.5 Å². The second-order valence-corrected chi connectivity index (χ2v) is 8.70. The normalized spacial score (nSPS) is 17.9. The van der Waals surface area contributed by atoms with Crippen LogP contribution in [0.4, 0.5) is 0 Å². The lowest BCUT2D eigenvalue weighted by Gasteiger charge is -2.38. The molecule has 0 bridgehead atoms. The van der Waals surface area contributed by atoms with Crippen molar-refractivity contribution in [3.8, 4) is 17.1 Å². The van der Waals surface area contributed by atoms with Gasteiger partial charge in [-0.1, -0.05) is 35.0 Å². The molecule has 178 valence electrons. The number of hydrogen-bond donors (Lipinski definition) is 0. The number of nitrogens with zero attached hydrogens (tertiary/aromatic N) is 3. The molecule has 0 N–H and O–H groups in total. The Morgan fingerprint density at radius 3 is 2.38 bits per heavy atom. The molecule has 0 saturated carbocycles. The maximum atomic E-state index is 12.6. The van der Waals surface area contributed by atoms with Crippen LogP contribution < -0.4 is 4.74 Å². The Bertz CT molecular complexity index is 1110. The molecule has 2 unspecified atom stereocenters. The Morgan fingerprint density at radius 2 is 1.71 bits per heavy atom. The van der Waals surface area contributed by atoms with Crippen LogP contribution in [0.2, 0.25) is 0 Å². The van der Waals surface area contributed by atoms with E-state index in [2.05, 4.69) is 24.0 Å². The monoisotopic (exact) mass is 463 g/mol. The summed E-state index contributed by atoms with van der Waals surface area (Å²) in [5.41, 5.74) is 2.32. The van der Waals surface area contributed by atoms with E-state index < -0.39 is 5.97 Å². The molecule has 1 aliphatic rings. The fourth-order valence-corrected chi connectivity index (χ4v) is 4.16. The zero-order chi connectivity index (χ0) is 24.1. The van der Waals surface area contributed by atoms with Gasteiger partial charge in [0.1, 0.15) is 5.75 Å². The van der Waals surface area contributed by atoms with Gasteiger partial charge in [0, 0.05) is 17.6 Å². The van der Waals surface area contributed by atoms with Gasteiger partial charge in [-0.15, -0.1) is 0 Å². The van der Waals surface area contributed by atoms with Crippen molar-refractivity contribution in [1.29, 1.82) is 0 Å². The number of aryl methyl sites for hydroxylation is 1.